The second-order valence-electron chi connectivity index (χ2n) is 22.9. The van der Waals surface area contributed by atoms with E-state index in [1.54, 1.807) is 6.92 Å². The lowest BCUT2D eigenvalue weighted by molar-refractivity contribution is -0.249. The van der Waals surface area contributed by atoms with Crippen LogP contribution in [-0.4, -0.2) is 98.4 Å². The van der Waals surface area contributed by atoms with Gasteiger partial charge in [-0.15, -0.1) is 0 Å². The van der Waals surface area contributed by atoms with E-state index in [4.69, 9.17) is 9.47 Å². The zero-order valence-electron chi connectivity index (χ0n) is 38.2. The quantitative estimate of drug-likeness (QED) is 0.178. The van der Waals surface area contributed by atoms with E-state index in [9.17, 15) is 27.9 Å². The van der Waals surface area contributed by atoms with E-state index < -0.39 is 33.2 Å². The molecule has 12 heteroatoms. The minimum Gasteiger partial charge on any atom is -0.481 e. The van der Waals surface area contributed by atoms with Gasteiger partial charge in [0, 0.05) is 43.2 Å². The van der Waals surface area contributed by atoms with E-state index in [2.05, 4.69) is 64.0 Å². The number of esters is 1. The van der Waals surface area contributed by atoms with Crippen molar-refractivity contribution >= 4 is 27.9 Å². The Morgan fingerprint density at radius 2 is 1.49 bits per heavy atom. The number of nitrogens with zero attached hydrogens (tertiary/aromatic N) is 1. The van der Waals surface area contributed by atoms with E-state index in [0.29, 0.717) is 74.7 Å². The number of carboxylic acid groups (broad SMARTS) is 1. The highest BCUT2D eigenvalue weighted by Gasteiger charge is 2.71. The van der Waals surface area contributed by atoms with Crippen LogP contribution in [0.1, 0.15) is 140 Å². The smallest absolute Gasteiger partial charge is 0.407 e. The Kier molecular flexibility index (Phi) is 12.0. The molecule has 336 valence electrons. The fourth-order valence-corrected chi connectivity index (χ4v) is 17.2. The summed E-state index contributed by atoms with van der Waals surface area (Å²) in [5.41, 5.74) is -0.258. The number of nitrogens with one attached hydrogen (secondary N) is 2. The molecule has 0 spiro atoms. The van der Waals surface area contributed by atoms with Gasteiger partial charge in [-0.05, 0) is 135 Å². The van der Waals surface area contributed by atoms with Crippen LogP contribution in [0.25, 0.3) is 0 Å². The molecule has 7 rings (SSSR count). The zero-order valence-corrected chi connectivity index (χ0v) is 39.0. The Labute approximate surface area is 355 Å². The maximum atomic E-state index is 13.7. The van der Waals surface area contributed by atoms with Crippen molar-refractivity contribution in [3.8, 4) is 0 Å². The normalized spacial score (nSPS) is 43.8. The summed E-state index contributed by atoms with van der Waals surface area (Å²) in [5, 5.41) is 16.9. The van der Waals surface area contributed by atoms with Gasteiger partial charge in [-0.2, -0.15) is 0 Å². The van der Waals surface area contributed by atoms with Gasteiger partial charge in [0.25, 0.3) is 0 Å². The van der Waals surface area contributed by atoms with Gasteiger partial charge >= 0.3 is 18.0 Å². The van der Waals surface area contributed by atoms with Crippen molar-refractivity contribution < 1.29 is 37.4 Å². The number of carbonyl (C=O) groups is 3. The monoisotopic (exact) mass is 846 g/mol. The molecule has 0 bridgehead atoms. The Balaban J connectivity index is 1.10. The van der Waals surface area contributed by atoms with Crippen LogP contribution < -0.4 is 10.6 Å². The van der Waals surface area contributed by atoms with Gasteiger partial charge in [0.2, 0.25) is 0 Å². The van der Waals surface area contributed by atoms with E-state index >= 15 is 0 Å². The molecule has 0 radical (unpaired) electrons. The molecular formula is C47H79N3O8S. The van der Waals surface area contributed by atoms with Crippen molar-refractivity contribution in [3.05, 3.63) is 0 Å². The lowest BCUT2D eigenvalue weighted by atomic mass is 9.32. The minimum absolute atomic E-state index is 0.0108. The fraction of sp³-hybridized carbons (Fsp3) is 0.936. The third kappa shape index (κ3) is 7.38. The molecule has 6 aliphatic carbocycles. The summed E-state index contributed by atoms with van der Waals surface area (Å²) in [6.07, 6.45) is 11.1. The Morgan fingerprint density at radius 3 is 2.12 bits per heavy atom. The molecule has 1 heterocycles. The van der Waals surface area contributed by atoms with E-state index in [1.165, 1.54) is 32.1 Å². The summed E-state index contributed by atoms with van der Waals surface area (Å²) in [6, 6.07) is -0.0283. The molecule has 1 amide bonds. The first-order valence-electron chi connectivity index (χ1n) is 23.5. The number of carboxylic acids is 1. The summed E-state index contributed by atoms with van der Waals surface area (Å²) >= 11 is 0. The highest BCUT2D eigenvalue weighted by Crippen LogP contribution is 2.76. The van der Waals surface area contributed by atoms with Crippen LogP contribution in [0.5, 0.6) is 0 Å². The summed E-state index contributed by atoms with van der Waals surface area (Å²) in [7, 11) is -3.04. The summed E-state index contributed by atoms with van der Waals surface area (Å²) < 4.78 is 36.5. The molecular weight excluding hydrogens is 767 g/mol. The van der Waals surface area contributed by atoms with Crippen molar-refractivity contribution in [2.24, 2.45) is 74.4 Å². The average molecular weight is 846 g/mol. The molecule has 3 N–H and O–H groups in total. The summed E-state index contributed by atoms with van der Waals surface area (Å²) in [5.74, 6) is 1.79. The highest BCUT2D eigenvalue weighted by molar-refractivity contribution is 7.91. The van der Waals surface area contributed by atoms with E-state index in [1.807, 2.05) is 13.8 Å². The number of sulfone groups is 1. The number of alkyl carbamates (subject to hydrolysis) is 1. The molecule has 1 aliphatic heterocycles. The molecule has 11 nitrogen and oxygen atoms in total. The Morgan fingerprint density at radius 1 is 0.797 bits per heavy atom. The Hall–Kier alpha value is -1.92. The second-order valence-corrected chi connectivity index (χ2v) is 25.2. The largest absolute Gasteiger partial charge is 0.481 e. The third-order valence-corrected chi connectivity index (χ3v) is 21.3. The molecule has 0 aromatic rings. The molecule has 7 aliphatic rings. The molecule has 6 saturated carbocycles. The molecule has 7 fully saturated rings. The lowest BCUT2D eigenvalue weighted by Crippen LogP contribution is -2.69. The average Bonchev–Trinajstić information content (AvgIpc) is 3.53. The van der Waals surface area contributed by atoms with Crippen molar-refractivity contribution in [1.82, 2.24) is 15.5 Å². The van der Waals surface area contributed by atoms with Crippen LogP contribution in [0.2, 0.25) is 0 Å². The molecule has 1 saturated heterocycles. The SMILES string of the molecule is CCOC(=O)NC[C@@H](CN[C@]12CC[C@@H](C(C)C)[C@@H]1[C@H]1CC[C@@H]3[C@@]4(C)CC[C@H](OC(=O)[C@H]5C[C@@H](C(=O)O)C5(C)C)C(C)(C)[C@@H]4CC[C@@]3(C)[C@]1(C)CC2)N1CCS(=O)(=O)CC1. The van der Waals surface area contributed by atoms with Gasteiger partial charge in [-0.25, -0.2) is 13.2 Å². The molecule has 0 aromatic heterocycles. The van der Waals surface area contributed by atoms with Crippen molar-refractivity contribution in [3.63, 3.8) is 0 Å². The summed E-state index contributed by atoms with van der Waals surface area (Å²) in [6.45, 7) is 25.5. The van der Waals surface area contributed by atoms with Gasteiger partial charge in [0.1, 0.15) is 6.10 Å². The first-order chi connectivity index (χ1) is 27.5. The van der Waals surface area contributed by atoms with E-state index in [-0.39, 0.29) is 62.7 Å². The molecule has 0 unspecified atom stereocenters. The van der Waals surface area contributed by atoms with Crippen LogP contribution in [0, 0.1) is 74.4 Å². The standard InChI is InChI=1S/C47H79N3O8S/c1-11-57-41(54)48-27-30(50-22-24-59(55,56)25-23-50)28-49-47-19-14-31(29(2)3)38(47)32-12-13-36-44(8)17-16-37(58-40(53)34-26-33(39(51)52)42(34,4)5)43(6,7)35(44)15-18-46(36,10)45(32,9)20-21-47/h29-38,49H,11-28H2,1-10H3,(H,48,54)(H,51,52)/t30-,31-,32+,33-,34+,35-,36+,37-,38+,44-,45+,46+,47-/m0/s1. The number of ether oxygens (including phenoxy) is 2. The Bertz CT molecular complexity index is 1720. The van der Waals surface area contributed by atoms with Gasteiger partial charge in [0.05, 0.1) is 29.9 Å². The van der Waals surface area contributed by atoms with Crippen molar-refractivity contribution in [2.75, 3.05) is 44.3 Å². The molecule has 59 heavy (non-hydrogen) atoms. The predicted octanol–water partition coefficient (Wildman–Crippen LogP) is 7.57. The summed E-state index contributed by atoms with van der Waals surface area (Å²) in [4.78, 5) is 40.2. The van der Waals surface area contributed by atoms with Crippen LogP contribution in [0.15, 0.2) is 0 Å². The van der Waals surface area contributed by atoms with Crippen LogP contribution >= 0.6 is 0 Å². The maximum Gasteiger partial charge on any atom is 0.407 e. The van der Waals surface area contributed by atoms with Gasteiger partial charge in [0.15, 0.2) is 9.84 Å². The first kappa shape index (κ1) is 45.1. The number of carbonyl (C=O) groups excluding carboxylic acids is 2. The number of fused-ring (bicyclic) bond motifs is 7. The predicted molar refractivity (Wildman–Crippen MR) is 229 cm³/mol. The van der Waals surface area contributed by atoms with Crippen LogP contribution in [-0.2, 0) is 28.9 Å². The van der Waals surface area contributed by atoms with Crippen LogP contribution in [0.4, 0.5) is 4.79 Å². The number of aliphatic carboxylic acids is 1. The zero-order chi connectivity index (χ0) is 43.1. The first-order valence-corrected chi connectivity index (χ1v) is 25.3. The third-order valence-electron chi connectivity index (χ3n) is 19.7. The number of rotatable bonds is 11. The topological polar surface area (TPSA) is 151 Å². The van der Waals surface area contributed by atoms with Gasteiger partial charge in [-0.1, -0.05) is 62.3 Å². The van der Waals surface area contributed by atoms with Crippen molar-refractivity contribution in [2.45, 2.75) is 158 Å². The molecule has 13 atom stereocenters. The maximum absolute atomic E-state index is 13.7. The van der Waals surface area contributed by atoms with Crippen LogP contribution in [0.3, 0.4) is 0 Å². The minimum atomic E-state index is -3.04. The fourth-order valence-electron chi connectivity index (χ4n) is 16.0. The highest BCUT2D eigenvalue weighted by atomic mass is 32.2. The lowest BCUT2D eigenvalue weighted by Gasteiger charge is -2.73. The second kappa shape index (κ2) is 15.7. The number of amides is 1. The molecule has 0 aromatic carbocycles. The van der Waals surface area contributed by atoms with Gasteiger partial charge in [-0.3, -0.25) is 14.5 Å². The number of hydrogen-bond acceptors (Lipinski definition) is 9. The van der Waals surface area contributed by atoms with Crippen molar-refractivity contribution in [1.29, 1.82) is 0 Å². The van der Waals surface area contributed by atoms with E-state index in [0.717, 1.165) is 32.1 Å². The number of hydrogen-bond donors (Lipinski definition) is 3. The van der Waals surface area contributed by atoms with Gasteiger partial charge < -0.3 is 25.2 Å².